The molecule has 132 valence electrons. The van der Waals surface area contributed by atoms with Crippen molar-refractivity contribution in [2.24, 2.45) is 7.05 Å². The van der Waals surface area contributed by atoms with Gasteiger partial charge in [-0.15, -0.1) is 10.2 Å². The normalized spacial score (nSPS) is 17.7. The largest absolute Gasteiger partial charge is 0.339 e. The fourth-order valence-electron chi connectivity index (χ4n) is 3.06. The summed E-state index contributed by atoms with van der Waals surface area (Å²) in [5.41, 5.74) is 1.56. The Hall–Kier alpha value is -2.48. The van der Waals surface area contributed by atoms with Gasteiger partial charge in [0.1, 0.15) is 0 Å². The van der Waals surface area contributed by atoms with Gasteiger partial charge in [-0.25, -0.2) is 0 Å². The van der Waals surface area contributed by atoms with Crippen molar-refractivity contribution < 1.29 is 9.59 Å². The van der Waals surface area contributed by atoms with E-state index in [1.54, 1.807) is 22.9 Å². The minimum atomic E-state index is -0.260. The van der Waals surface area contributed by atoms with Gasteiger partial charge in [0, 0.05) is 44.1 Å². The van der Waals surface area contributed by atoms with Crippen LogP contribution in [0.1, 0.15) is 25.5 Å². The zero-order valence-corrected chi connectivity index (χ0v) is 15.1. The number of carbonyl (C=O) groups excluding carboxylic acids is 2. The lowest BCUT2D eigenvalue weighted by molar-refractivity contribution is -0.140. The molecule has 2 aromatic rings. The van der Waals surface area contributed by atoms with Crippen molar-refractivity contribution in [2.75, 3.05) is 19.6 Å². The molecular weight excluding hydrogens is 344 g/mol. The van der Waals surface area contributed by atoms with E-state index in [-0.39, 0.29) is 17.9 Å². The summed E-state index contributed by atoms with van der Waals surface area (Å²) in [4.78, 5) is 28.7. The predicted molar refractivity (Wildman–Crippen MR) is 91.6 cm³/mol. The minimum absolute atomic E-state index is 0.00829. The van der Waals surface area contributed by atoms with Crippen molar-refractivity contribution in [2.45, 2.75) is 19.9 Å². The van der Waals surface area contributed by atoms with Crippen molar-refractivity contribution in [3.63, 3.8) is 0 Å². The Morgan fingerprint density at radius 1 is 1.16 bits per heavy atom. The number of halogens is 1. The Morgan fingerprint density at radius 2 is 1.92 bits per heavy atom. The number of hydrogen-bond acceptors (Lipinski definition) is 5. The van der Waals surface area contributed by atoms with Crippen LogP contribution in [0.2, 0.25) is 5.02 Å². The van der Waals surface area contributed by atoms with E-state index in [4.69, 9.17) is 11.6 Å². The maximum atomic E-state index is 12.1. The molecule has 0 spiro atoms. The van der Waals surface area contributed by atoms with Crippen molar-refractivity contribution in [3.05, 3.63) is 28.8 Å². The monoisotopic (exact) mass is 362 g/mol. The number of nitrogens with zero attached hydrogens (tertiary/aromatic N) is 6. The highest BCUT2D eigenvalue weighted by molar-refractivity contribution is 6.30. The fourth-order valence-corrected chi connectivity index (χ4v) is 3.31. The van der Waals surface area contributed by atoms with Gasteiger partial charge in [-0.05, 0) is 29.0 Å². The molecule has 0 radical (unpaired) electrons. The van der Waals surface area contributed by atoms with E-state index < -0.39 is 0 Å². The molecule has 0 aliphatic carbocycles. The van der Waals surface area contributed by atoms with Gasteiger partial charge in [0.05, 0.1) is 13.1 Å². The van der Waals surface area contributed by atoms with Crippen molar-refractivity contribution in [3.8, 4) is 11.4 Å². The smallest absolute Gasteiger partial charge is 0.220 e. The van der Waals surface area contributed by atoms with E-state index in [1.807, 2.05) is 12.1 Å². The summed E-state index contributed by atoms with van der Waals surface area (Å²) in [6, 6.07) is 5.20. The molecule has 2 amide bonds. The molecule has 0 unspecified atom stereocenters. The summed E-state index contributed by atoms with van der Waals surface area (Å²) in [5, 5.41) is 12.6. The number of benzene rings is 1. The lowest BCUT2D eigenvalue weighted by Gasteiger charge is -2.41. The minimum Gasteiger partial charge on any atom is -0.339 e. The Morgan fingerprint density at radius 3 is 2.52 bits per heavy atom. The maximum Gasteiger partial charge on any atom is 0.220 e. The van der Waals surface area contributed by atoms with E-state index in [1.165, 1.54) is 18.6 Å². The zero-order valence-electron chi connectivity index (χ0n) is 14.3. The molecule has 9 heteroatoms. The first-order chi connectivity index (χ1) is 11.8. The molecule has 1 atom stereocenters. The maximum absolute atomic E-state index is 12.1. The number of aryl methyl sites for hydroxylation is 1. The molecule has 1 aliphatic heterocycles. The SMILES string of the molecule is CC(=O)N1CCN(C(C)=O)[C@H](c2cc(Cl)cc(-c3nnn(C)n3)c2)C1. The van der Waals surface area contributed by atoms with E-state index in [2.05, 4.69) is 15.4 Å². The molecule has 1 fully saturated rings. The van der Waals surface area contributed by atoms with Crippen LogP contribution in [-0.4, -0.2) is 61.5 Å². The van der Waals surface area contributed by atoms with Crippen molar-refractivity contribution >= 4 is 23.4 Å². The first kappa shape index (κ1) is 17.3. The Bertz CT molecular complexity index is 821. The standard InChI is InChI=1S/C16H19ClN6O2/c1-10(24)22-4-5-23(11(2)25)15(9-22)12-6-13(8-14(17)7-12)16-18-20-21(3)19-16/h6-8,15H,4-5,9H2,1-3H3/t15-/m0/s1. The molecule has 3 rings (SSSR count). The van der Waals surface area contributed by atoms with Crippen LogP contribution in [-0.2, 0) is 16.6 Å². The van der Waals surface area contributed by atoms with E-state index >= 15 is 0 Å². The van der Waals surface area contributed by atoms with E-state index in [9.17, 15) is 9.59 Å². The number of piperazine rings is 1. The highest BCUT2D eigenvalue weighted by Crippen LogP contribution is 2.31. The molecule has 0 bridgehead atoms. The number of tetrazole rings is 1. The quantitative estimate of drug-likeness (QED) is 0.803. The third-order valence-corrected chi connectivity index (χ3v) is 4.52. The van der Waals surface area contributed by atoms with Crippen molar-refractivity contribution in [1.82, 2.24) is 30.0 Å². The highest BCUT2D eigenvalue weighted by atomic mass is 35.5. The summed E-state index contributed by atoms with van der Waals surface area (Å²) in [5.74, 6) is 0.415. The predicted octanol–water partition coefficient (Wildman–Crippen LogP) is 1.28. The molecule has 1 aromatic heterocycles. The fraction of sp³-hybridized carbons (Fsp3) is 0.438. The summed E-state index contributed by atoms with van der Waals surface area (Å²) >= 11 is 6.29. The molecule has 1 saturated heterocycles. The molecule has 0 saturated carbocycles. The number of amides is 2. The second kappa shape index (κ2) is 6.79. The van der Waals surface area contributed by atoms with E-state index in [0.29, 0.717) is 30.5 Å². The highest BCUT2D eigenvalue weighted by Gasteiger charge is 2.31. The summed E-state index contributed by atoms with van der Waals surface area (Å²) in [6.07, 6.45) is 0. The molecule has 2 heterocycles. The van der Waals surface area contributed by atoms with E-state index in [0.717, 1.165) is 11.1 Å². The third-order valence-electron chi connectivity index (χ3n) is 4.30. The van der Waals surface area contributed by atoms with Gasteiger partial charge < -0.3 is 9.80 Å². The van der Waals surface area contributed by atoms with Crippen LogP contribution in [0.15, 0.2) is 18.2 Å². The first-order valence-corrected chi connectivity index (χ1v) is 8.30. The molecule has 1 aromatic carbocycles. The Kier molecular flexibility index (Phi) is 4.71. The van der Waals surface area contributed by atoms with Gasteiger partial charge in [0.15, 0.2) is 0 Å². The Labute approximate surface area is 150 Å². The van der Waals surface area contributed by atoms with Gasteiger partial charge in [0.25, 0.3) is 0 Å². The topological polar surface area (TPSA) is 84.2 Å². The van der Waals surface area contributed by atoms with Gasteiger partial charge in [-0.2, -0.15) is 4.80 Å². The summed E-state index contributed by atoms with van der Waals surface area (Å²) < 4.78 is 0. The third kappa shape index (κ3) is 3.63. The molecule has 8 nitrogen and oxygen atoms in total. The molecular formula is C16H19ClN6O2. The number of hydrogen-bond donors (Lipinski definition) is 0. The Balaban J connectivity index is 2.01. The average Bonchev–Trinajstić information content (AvgIpc) is 3.00. The van der Waals surface area contributed by atoms with Gasteiger partial charge >= 0.3 is 0 Å². The molecule has 0 N–H and O–H groups in total. The lowest BCUT2D eigenvalue weighted by atomic mass is 9.99. The van der Waals surface area contributed by atoms with Crippen LogP contribution >= 0.6 is 11.6 Å². The number of rotatable bonds is 2. The van der Waals surface area contributed by atoms with Crippen LogP contribution in [0, 0.1) is 0 Å². The van der Waals surface area contributed by atoms with Crippen LogP contribution in [0.4, 0.5) is 0 Å². The molecule has 1 aliphatic rings. The van der Waals surface area contributed by atoms with Crippen LogP contribution in [0.5, 0.6) is 0 Å². The number of carbonyl (C=O) groups is 2. The molecule has 25 heavy (non-hydrogen) atoms. The van der Waals surface area contributed by atoms with Gasteiger partial charge in [-0.3, -0.25) is 9.59 Å². The van der Waals surface area contributed by atoms with Crippen LogP contribution in [0.3, 0.4) is 0 Å². The lowest BCUT2D eigenvalue weighted by Crippen LogP contribution is -2.51. The summed E-state index contributed by atoms with van der Waals surface area (Å²) in [6.45, 7) is 4.53. The van der Waals surface area contributed by atoms with Crippen LogP contribution < -0.4 is 0 Å². The van der Waals surface area contributed by atoms with Crippen molar-refractivity contribution in [1.29, 1.82) is 0 Å². The second-order valence-corrected chi connectivity index (χ2v) is 6.51. The zero-order chi connectivity index (χ0) is 18.1. The first-order valence-electron chi connectivity index (χ1n) is 7.92. The average molecular weight is 363 g/mol. The second-order valence-electron chi connectivity index (χ2n) is 6.07. The number of aromatic nitrogens is 4. The van der Waals surface area contributed by atoms with Gasteiger partial charge in [0.2, 0.25) is 17.6 Å². The van der Waals surface area contributed by atoms with Gasteiger partial charge in [-0.1, -0.05) is 11.6 Å². The summed E-state index contributed by atoms with van der Waals surface area (Å²) in [7, 11) is 1.69. The van der Waals surface area contributed by atoms with Crippen LogP contribution in [0.25, 0.3) is 11.4 Å².